The minimum Gasteiger partial charge on any atom is -0.207 e. The zero-order valence-electron chi connectivity index (χ0n) is 20.3. The third kappa shape index (κ3) is 3.39. The molecule has 0 aliphatic heterocycles. The van der Waals surface area contributed by atoms with E-state index in [1.54, 1.807) is 13.0 Å². The molecule has 1 heterocycles. The summed E-state index contributed by atoms with van der Waals surface area (Å²) in [6.45, 7) is 6.48. The number of nitrogens with zero attached hydrogens (tertiary/aromatic N) is 4. The van der Waals surface area contributed by atoms with E-state index in [1.165, 1.54) is 46.8 Å². The van der Waals surface area contributed by atoms with Gasteiger partial charge in [0.25, 0.3) is 0 Å². The van der Waals surface area contributed by atoms with Crippen LogP contribution in [0.1, 0.15) is 56.4 Å². The van der Waals surface area contributed by atoms with E-state index in [9.17, 15) is 17.2 Å². The zero-order valence-corrected chi connectivity index (χ0v) is 21.1. The van der Waals surface area contributed by atoms with Crippen molar-refractivity contribution >= 4 is 10.0 Å². The first-order valence-corrected chi connectivity index (χ1v) is 13.3. The number of hydrogen-bond acceptors (Lipinski definition) is 5. The summed E-state index contributed by atoms with van der Waals surface area (Å²) in [4.78, 5) is 0.127. The molecule has 2 atom stereocenters. The molecule has 0 N–H and O–H groups in total. The van der Waals surface area contributed by atoms with Gasteiger partial charge in [0.1, 0.15) is 11.6 Å². The van der Waals surface area contributed by atoms with Crippen LogP contribution in [-0.4, -0.2) is 36.0 Å². The van der Waals surface area contributed by atoms with Crippen molar-refractivity contribution in [3.05, 3.63) is 77.0 Å². The van der Waals surface area contributed by atoms with Crippen LogP contribution in [0.3, 0.4) is 0 Å². The van der Waals surface area contributed by atoms with Crippen molar-refractivity contribution in [2.24, 2.45) is 5.41 Å². The van der Waals surface area contributed by atoms with Gasteiger partial charge < -0.3 is 0 Å². The van der Waals surface area contributed by atoms with E-state index in [0.29, 0.717) is 11.3 Å². The molecule has 186 valence electrons. The highest BCUT2D eigenvalue weighted by Crippen LogP contribution is 2.67. The Kier molecular flexibility index (Phi) is 5.73. The molecule has 0 amide bonds. The summed E-state index contributed by atoms with van der Waals surface area (Å²) >= 11 is 0. The van der Waals surface area contributed by atoms with Gasteiger partial charge in [0.15, 0.2) is 0 Å². The van der Waals surface area contributed by atoms with Gasteiger partial charge in [-0.1, -0.05) is 26.8 Å². The van der Waals surface area contributed by atoms with Crippen LogP contribution in [0.5, 0.6) is 0 Å². The quantitative estimate of drug-likeness (QED) is 0.459. The SMILES string of the molecule is CCN(C[C@@]12CC[C@@H](c3cc(-c4c(F)cccc4F)nnc31)C2(C)C)S(=O)(=O)c1ccc(C#N)cc1. The summed E-state index contributed by atoms with van der Waals surface area (Å²) in [7, 11) is -3.83. The first-order chi connectivity index (χ1) is 17.1. The van der Waals surface area contributed by atoms with Gasteiger partial charge in [0, 0.05) is 18.5 Å². The predicted octanol–water partition coefficient (Wildman–Crippen LogP) is 5.16. The molecule has 2 aromatic carbocycles. The van der Waals surface area contributed by atoms with E-state index in [-0.39, 0.29) is 40.6 Å². The average molecular weight is 509 g/mol. The number of sulfonamides is 1. The number of likely N-dealkylation sites (N-methyl/N-ethyl adjacent to an activating group) is 1. The van der Waals surface area contributed by atoms with Crippen LogP contribution >= 0.6 is 0 Å². The van der Waals surface area contributed by atoms with Crippen LogP contribution < -0.4 is 0 Å². The van der Waals surface area contributed by atoms with E-state index in [2.05, 4.69) is 24.0 Å². The summed E-state index contributed by atoms with van der Waals surface area (Å²) in [5, 5.41) is 17.8. The minimum absolute atomic E-state index is 0.0629. The molecule has 36 heavy (non-hydrogen) atoms. The second kappa shape index (κ2) is 8.43. The van der Waals surface area contributed by atoms with Gasteiger partial charge in [0.05, 0.1) is 33.5 Å². The van der Waals surface area contributed by atoms with E-state index in [4.69, 9.17) is 5.26 Å². The fraction of sp³-hybridized carbons (Fsp3) is 0.370. The maximum absolute atomic E-state index is 14.5. The van der Waals surface area contributed by atoms with Crippen LogP contribution in [0, 0.1) is 28.4 Å². The number of nitriles is 1. The van der Waals surface area contributed by atoms with Crippen LogP contribution in [-0.2, 0) is 15.4 Å². The molecule has 6 nitrogen and oxygen atoms in total. The lowest BCUT2D eigenvalue weighted by Crippen LogP contribution is -2.48. The minimum atomic E-state index is -3.83. The molecule has 2 aliphatic carbocycles. The molecule has 9 heteroatoms. The van der Waals surface area contributed by atoms with Gasteiger partial charge in [-0.2, -0.15) is 19.8 Å². The number of halogens is 2. The average Bonchev–Trinajstić information content (AvgIpc) is 3.22. The smallest absolute Gasteiger partial charge is 0.207 e. The summed E-state index contributed by atoms with van der Waals surface area (Å²) in [6, 6.07) is 13.3. The van der Waals surface area contributed by atoms with Crippen LogP contribution in [0.25, 0.3) is 11.3 Å². The molecule has 1 fully saturated rings. The Labute approximate surface area is 209 Å². The van der Waals surface area contributed by atoms with Crippen molar-refractivity contribution in [3.8, 4) is 17.3 Å². The van der Waals surface area contributed by atoms with E-state index in [0.717, 1.165) is 18.4 Å². The summed E-state index contributed by atoms with van der Waals surface area (Å²) < 4.78 is 57.5. The molecule has 0 unspecified atom stereocenters. The molecule has 1 aromatic heterocycles. The summed E-state index contributed by atoms with van der Waals surface area (Å²) in [5.74, 6) is -1.34. The highest BCUT2D eigenvalue weighted by Gasteiger charge is 2.64. The highest BCUT2D eigenvalue weighted by molar-refractivity contribution is 7.89. The molecule has 2 bridgehead atoms. The monoisotopic (exact) mass is 508 g/mol. The van der Waals surface area contributed by atoms with Gasteiger partial charge in [-0.25, -0.2) is 17.2 Å². The van der Waals surface area contributed by atoms with E-state index < -0.39 is 27.1 Å². The van der Waals surface area contributed by atoms with Gasteiger partial charge in [-0.05, 0) is 72.2 Å². The van der Waals surface area contributed by atoms with Crippen molar-refractivity contribution in [1.82, 2.24) is 14.5 Å². The van der Waals surface area contributed by atoms with Crippen molar-refractivity contribution < 1.29 is 17.2 Å². The number of fused-ring (bicyclic) bond motifs is 5. The highest BCUT2D eigenvalue weighted by atomic mass is 32.2. The Morgan fingerprint density at radius 1 is 1.11 bits per heavy atom. The molecule has 0 spiro atoms. The Morgan fingerprint density at radius 2 is 1.78 bits per heavy atom. The number of aromatic nitrogens is 2. The fourth-order valence-corrected chi connectivity index (χ4v) is 7.67. The van der Waals surface area contributed by atoms with Crippen molar-refractivity contribution in [3.63, 3.8) is 0 Å². The van der Waals surface area contributed by atoms with Crippen molar-refractivity contribution in [2.75, 3.05) is 13.1 Å². The van der Waals surface area contributed by atoms with Crippen LogP contribution in [0.15, 0.2) is 53.4 Å². The largest absolute Gasteiger partial charge is 0.243 e. The van der Waals surface area contributed by atoms with Gasteiger partial charge in [-0.3, -0.25) is 0 Å². The van der Waals surface area contributed by atoms with Crippen molar-refractivity contribution in [2.45, 2.75) is 49.8 Å². The van der Waals surface area contributed by atoms with Gasteiger partial charge >= 0.3 is 0 Å². The maximum Gasteiger partial charge on any atom is 0.243 e. The summed E-state index contributed by atoms with van der Waals surface area (Å²) in [6.07, 6.45) is 1.55. The number of benzene rings is 2. The molecular weight excluding hydrogens is 482 g/mol. The van der Waals surface area contributed by atoms with Gasteiger partial charge in [-0.15, -0.1) is 0 Å². The Balaban J connectivity index is 1.57. The Morgan fingerprint density at radius 3 is 2.39 bits per heavy atom. The van der Waals surface area contributed by atoms with Crippen LogP contribution in [0.2, 0.25) is 0 Å². The molecule has 5 rings (SSSR count). The van der Waals surface area contributed by atoms with Crippen LogP contribution in [0.4, 0.5) is 8.78 Å². The lowest BCUT2D eigenvalue weighted by Gasteiger charge is -2.41. The molecule has 1 saturated carbocycles. The molecule has 3 aromatic rings. The number of hydrogen-bond donors (Lipinski definition) is 0. The molecular formula is C27H26F2N4O2S. The van der Waals surface area contributed by atoms with Gasteiger partial charge in [0.2, 0.25) is 10.0 Å². The Hall–Kier alpha value is -3.22. The summed E-state index contributed by atoms with van der Waals surface area (Å²) in [5.41, 5.74) is 0.966. The van der Waals surface area contributed by atoms with E-state index in [1.807, 2.05) is 6.07 Å². The zero-order chi connectivity index (χ0) is 25.9. The molecule has 2 aliphatic rings. The lowest BCUT2D eigenvalue weighted by molar-refractivity contribution is 0.169. The standard InChI is InChI=1S/C27H26F2N4O2S/c1-4-33(36(34,35)18-10-8-17(15-30)9-11-18)16-27-13-12-20(26(27,2)3)19-14-23(31-32-25(19)27)24-21(28)6-5-7-22(24)29/h5-11,14,20H,4,12-13,16H2,1-3H3/t20-,27-/m0/s1. The Bertz CT molecular complexity index is 1480. The second-order valence-corrected chi connectivity index (χ2v) is 12.0. The second-order valence-electron chi connectivity index (χ2n) is 10.1. The fourth-order valence-electron chi connectivity index (χ4n) is 6.16. The molecule has 0 saturated heterocycles. The first kappa shape index (κ1) is 24.5. The van der Waals surface area contributed by atoms with Crippen molar-refractivity contribution in [1.29, 1.82) is 5.26 Å². The number of rotatable bonds is 6. The lowest BCUT2D eigenvalue weighted by atomic mass is 9.68. The first-order valence-electron chi connectivity index (χ1n) is 11.9. The van der Waals surface area contributed by atoms with E-state index >= 15 is 0 Å². The predicted molar refractivity (Wildman–Crippen MR) is 130 cm³/mol. The molecule has 0 radical (unpaired) electrons. The topological polar surface area (TPSA) is 87.0 Å². The third-order valence-electron chi connectivity index (χ3n) is 8.26. The third-order valence-corrected chi connectivity index (χ3v) is 10.2. The maximum atomic E-state index is 14.5. The normalized spacial score (nSPS) is 22.0.